The number of hydrogen-bond donors (Lipinski definition) is 1. The van der Waals surface area contributed by atoms with Gasteiger partial charge in [0.25, 0.3) is 0 Å². The minimum atomic E-state index is -0.0858. The summed E-state index contributed by atoms with van der Waals surface area (Å²) in [6.45, 7) is 4.30. The van der Waals surface area contributed by atoms with E-state index in [9.17, 15) is 4.79 Å². The van der Waals surface area contributed by atoms with Crippen molar-refractivity contribution in [3.05, 3.63) is 69.0 Å². The van der Waals surface area contributed by atoms with Crippen LogP contribution < -0.4 is 5.32 Å². The molecule has 3 aromatic rings. The van der Waals surface area contributed by atoms with Crippen LogP contribution in [0, 0.1) is 0 Å². The number of aromatic nitrogens is 1. The molecule has 3 nitrogen and oxygen atoms in total. The highest BCUT2D eigenvalue weighted by atomic mass is 35.5. The molecular formula is C20H18Cl2N2OS. The molecule has 0 aliphatic rings. The van der Waals surface area contributed by atoms with Gasteiger partial charge in [-0.25, -0.2) is 4.98 Å². The molecule has 0 radical (unpaired) electrons. The second kappa shape index (κ2) is 8.21. The maximum atomic E-state index is 12.3. The third-order valence-corrected chi connectivity index (χ3v) is 5.47. The molecule has 0 aliphatic carbocycles. The predicted octanol–water partition coefficient (Wildman–Crippen LogP) is 6.42. The Bertz CT molecular complexity index is 920. The van der Waals surface area contributed by atoms with Crippen molar-refractivity contribution >= 4 is 45.6 Å². The summed E-state index contributed by atoms with van der Waals surface area (Å²) >= 11 is 13.4. The van der Waals surface area contributed by atoms with Crippen LogP contribution in [0.15, 0.2) is 47.8 Å². The van der Waals surface area contributed by atoms with E-state index in [1.165, 1.54) is 16.9 Å². The highest BCUT2D eigenvalue weighted by molar-refractivity contribution is 7.14. The molecule has 1 N–H and O–H groups in total. The molecule has 6 heteroatoms. The highest BCUT2D eigenvalue weighted by Gasteiger charge is 2.10. The summed E-state index contributed by atoms with van der Waals surface area (Å²) in [4.78, 5) is 16.7. The Hall–Kier alpha value is -1.88. The van der Waals surface area contributed by atoms with Crippen LogP contribution in [0.25, 0.3) is 11.3 Å². The van der Waals surface area contributed by atoms with Gasteiger partial charge in [-0.3, -0.25) is 4.79 Å². The first-order valence-corrected chi connectivity index (χ1v) is 9.85. The van der Waals surface area contributed by atoms with Crippen molar-refractivity contribution in [2.24, 2.45) is 0 Å². The zero-order valence-corrected chi connectivity index (χ0v) is 16.8. The average Bonchev–Trinajstić information content (AvgIpc) is 3.06. The highest BCUT2D eigenvalue weighted by Crippen LogP contribution is 2.30. The molecule has 26 heavy (non-hydrogen) atoms. The van der Waals surface area contributed by atoms with Gasteiger partial charge in [0.05, 0.1) is 22.2 Å². The fourth-order valence-electron chi connectivity index (χ4n) is 2.49. The number of amides is 1. The van der Waals surface area contributed by atoms with E-state index in [2.05, 4.69) is 36.3 Å². The molecule has 0 fully saturated rings. The fourth-order valence-corrected chi connectivity index (χ4v) is 3.52. The maximum absolute atomic E-state index is 12.3. The Labute approximate surface area is 167 Å². The summed E-state index contributed by atoms with van der Waals surface area (Å²) in [7, 11) is 0. The molecule has 0 bridgehead atoms. The average molecular weight is 405 g/mol. The Balaban J connectivity index is 1.64. The number of thiazole rings is 1. The molecule has 0 atom stereocenters. The summed E-state index contributed by atoms with van der Waals surface area (Å²) in [6, 6.07) is 13.5. The summed E-state index contributed by atoms with van der Waals surface area (Å²) in [5.74, 6) is 0.394. The molecular weight excluding hydrogens is 387 g/mol. The molecule has 134 valence electrons. The molecule has 0 saturated heterocycles. The molecule has 0 aliphatic heterocycles. The van der Waals surface area contributed by atoms with Crippen molar-refractivity contribution in [1.29, 1.82) is 0 Å². The maximum Gasteiger partial charge on any atom is 0.230 e. The quantitative estimate of drug-likeness (QED) is 0.532. The van der Waals surface area contributed by atoms with E-state index in [-0.39, 0.29) is 5.91 Å². The van der Waals surface area contributed by atoms with Gasteiger partial charge in [-0.15, -0.1) is 11.3 Å². The second-order valence-corrected chi connectivity index (χ2v) is 7.96. The first-order valence-electron chi connectivity index (χ1n) is 8.22. The number of rotatable bonds is 5. The van der Waals surface area contributed by atoms with E-state index in [1.54, 1.807) is 12.1 Å². The Morgan fingerprint density at radius 1 is 1.12 bits per heavy atom. The van der Waals surface area contributed by atoms with Crippen molar-refractivity contribution < 1.29 is 4.79 Å². The van der Waals surface area contributed by atoms with Gasteiger partial charge in [-0.05, 0) is 29.2 Å². The third-order valence-electron chi connectivity index (χ3n) is 3.98. The van der Waals surface area contributed by atoms with Crippen molar-refractivity contribution in [2.45, 2.75) is 26.2 Å². The monoisotopic (exact) mass is 404 g/mol. The topological polar surface area (TPSA) is 42.0 Å². The lowest BCUT2D eigenvalue weighted by Crippen LogP contribution is -2.14. The SMILES string of the molecule is CC(C)c1ccc(CC(=O)Nc2nc(-c3ccc(Cl)c(Cl)c3)cs2)cc1. The smallest absolute Gasteiger partial charge is 0.230 e. The third kappa shape index (κ3) is 4.64. The van der Waals surface area contributed by atoms with Gasteiger partial charge < -0.3 is 5.32 Å². The zero-order chi connectivity index (χ0) is 18.7. The van der Waals surface area contributed by atoms with Gasteiger partial charge in [0.15, 0.2) is 5.13 Å². The Kier molecular flexibility index (Phi) is 5.97. The largest absolute Gasteiger partial charge is 0.302 e. The van der Waals surface area contributed by atoms with Crippen LogP contribution >= 0.6 is 34.5 Å². The van der Waals surface area contributed by atoms with Gasteiger partial charge >= 0.3 is 0 Å². The van der Waals surface area contributed by atoms with Crippen LogP contribution in [0.3, 0.4) is 0 Å². The summed E-state index contributed by atoms with van der Waals surface area (Å²) in [5.41, 5.74) is 3.86. The van der Waals surface area contributed by atoms with Crippen LogP contribution in [0.1, 0.15) is 30.9 Å². The number of carbonyl (C=O) groups excluding carboxylic acids is 1. The summed E-state index contributed by atoms with van der Waals surface area (Å²) in [5, 5.41) is 6.28. The molecule has 0 unspecified atom stereocenters. The Morgan fingerprint density at radius 2 is 1.85 bits per heavy atom. The minimum Gasteiger partial charge on any atom is -0.302 e. The molecule has 0 saturated carbocycles. The van der Waals surface area contributed by atoms with E-state index >= 15 is 0 Å². The van der Waals surface area contributed by atoms with Gasteiger partial charge in [0.1, 0.15) is 0 Å². The van der Waals surface area contributed by atoms with Crippen molar-refractivity contribution in [3.8, 4) is 11.3 Å². The van der Waals surface area contributed by atoms with E-state index < -0.39 is 0 Å². The van der Waals surface area contributed by atoms with Gasteiger partial charge in [0.2, 0.25) is 5.91 Å². The molecule has 3 rings (SSSR count). The van der Waals surface area contributed by atoms with Crippen LogP contribution in [0.5, 0.6) is 0 Å². The number of hydrogen-bond acceptors (Lipinski definition) is 3. The first-order chi connectivity index (χ1) is 12.4. The standard InChI is InChI=1S/C20H18Cl2N2OS/c1-12(2)14-5-3-13(4-6-14)9-19(25)24-20-23-18(11-26-20)15-7-8-16(21)17(22)10-15/h3-8,10-12H,9H2,1-2H3,(H,23,24,25). The first kappa shape index (κ1) is 18.9. The van der Waals surface area contributed by atoms with Crippen LogP contribution in [-0.4, -0.2) is 10.9 Å². The number of nitrogens with one attached hydrogen (secondary N) is 1. The second-order valence-electron chi connectivity index (χ2n) is 6.29. The van der Waals surface area contributed by atoms with Crippen LogP contribution in [0.4, 0.5) is 5.13 Å². The van der Waals surface area contributed by atoms with Crippen molar-refractivity contribution in [2.75, 3.05) is 5.32 Å². The molecule has 1 amide bonds. The lowest BCUT2D eigenvalue weighted by atomic mass is 10.0. The van der Waals surface area contributed by atoms with Gasteiger partial charge in [-0.2, -0.15) is 0 Å². The van der Waals surface area contributed by atoms with E-state index in [0.717, 1.165) is 16.8 Å². The molecule has 2 aromatic carbocycles. The normalized spacial score (nSPS) is 11.0. The van der Waals surface area contributed by atoms with Crippen LogP contribution in [0.2, 0.25) is 10.0 Å². The number of benzene rings is 2. The molecule has 0 spiro atoms. The molecule has 1 aromatic heterocycles. The van der Waals surface area contributed by atoms with Gasteiger partial charge in [0, 0.05) is 10.9 Å². The summed E-state index contributed by atoms with van der Waals surface area (Å²) in [6.07, 6.45) is 0.320. The minimum absolute atomic E-state index is 0.0858. The number of halogens is 2. The zero-order valence-electron chi connectivity index (χ0n) is 14.4. The number of anilines is 1. The number of carbonyl (C=O) groups is 1. The lowest BCUT2D eigenvalue weighted by molar-refractivity contribution is -0.115. The lowest BCUT2D eigenvalue weighted by Gasteiger charge is -2.07. The summed E-state index contributed by atoms with van der Waals surface area (Å²) < 4.78 is 0. The number of nitrogens with zero attached hydrogens (tertiary/aromatic N) is 1. The van der Waals surface area contributed by atoms with Crippen molar-refractivity contribution in [3.63, 3.8) is 0 Å². The van der Waals surface area contributed by atoms with E-state index in [4.69, 9.17) is 23.2 Å². The van der Waals surface area contributed by atoms with Gasteiger partial charge in [-0.1, -0.05) is 67.4 Å². The van der Waals surface area contributed by atoms with Crippen LogP contribution in [-0.2, 0) is 11.2 Å². The molecule has 1 heterocycles. The van der Waals surface area contributed by atoms with Crippen molar-refractivity contribution in [1.82, 2.24) is 4.98 Å². The Morgan fingerprint density at radius 3 is 2.50 bits per heavy atom. The fraction of sp³-hybridized carbons (Fsp3) is 0.200. The van der Waals surface area contributed by atoms with E-state index in [0.29, 0.717) is 27.5 Å². The van der Waals surface area contributed by atoms with E-state index in [1.807, 2.05) is 23.6 Å². The predicted molar refractivity (Wildman–Crippen MR) is 110 cm³/mol.